The summed E-state index contributed by atoms with van der Waals surface area (Å²) in [6, 6.07) is 0. The number of aryl methyl sites for hydroxylation is 1. The van der Waals surface area contributed by atoms with Crippen molar-refractivity contribution < 1.29 is 0 Å². The predicted molar refractivity (Wildman–Crippen MR) is 77.0 cm³/mol. The van der Waals surface area contributed by atoms with Crippen LogP contribution in [0.1, 0.15) is 25.3 Å². The van der Waals surface area contributed by atoms with Crippen molar-refractivity contribution in [1.29, 1.82) is 0 Å². The topological polar surface area (TPSA) is 107 Å². The molecule has 8 heteroatoms. The maximum absolute atomic E-state index is 5.48. The maximum atomic E-state index is 5.48. The van der Waals surface area contributed by atoms with E-state index in [9.17, 15) is 0 Å². The van der Waals surface area contributed by atoms with E-state index in [1.165, 1.54) is 6.33 Å². The standard InChI is InChI=1S/C12H20N8/c1-2-4-10-11(15-9-16-12(10)18-13)14-5-3-7-20-8-6-17-19-20/h6,8-9H,2-5,7,13H2,1H3,(H2,14,15,16,18). The molecule has 0 saturated carbocycles. The first-order valence-electron chi connectivity index (χ1n) is 6.73. The fourth-order valence-corrected chi connectivity index (χ4v) is 1.98. The number of nitrogens with zero attached hydrogens (tertiary/aromatic N) is 5. The Morgan fingerprint density at radius 2 is 2.15 bits per heavy atom. The SMILES string of the molecule is CCCc1c(NN)ncnc1NCCCn1ccnn1. The summed E-state index contributed by atoms with van der Waals surface area (Å²) in [6.45, 7) is 3.74. The van der Waals surface area contributed by atoms with Crippen molar-refractivity contribution in [2.24, 2.45) is 5.84 Å². The highest BCUT2D eigenvalue weighted by Crippen LogP contribution is 2.20. The Morgan fingerprint density at radius 1 is 1.30 bits per heavy atom. The molecule has 0 amide bonds. The Morgan fingerprint density at radius 3 is 2.85 bits per heavy atom. The third-order valence-electron chi connectivity index (χ3n) is 2.91. The quantitative estimate of drug-likeness (QED) is 0.372. The zero-order chi connectivity index (χ0) is 14.2. The van der Waals surface area contributed by atoms with Gasteiger partial charge in [0, 0.05) is 24.8 Å². The Bertz CT molecular complexity index is 510. The van der Waals surface area contributed by atoms with Crippen molar-refractivity contribution in [2.75, 3.05) is 17.3 Å². The lowest BCUT2D eigenvalue weighted by Gasteiger charge is -2.13. The van der Waals surface area contributed by atoms with Crippen LogP contribution in [0.3, 0.4) is 0 Å². The minimum atomic E-state index is 0.681. The van der Waals surface area contributed by atoms with Crippen LogP contribution < -0.4 is 16.6 Å². The van der Waals surface area contributed by atoms with Crippen molar-refractivity contribution >= 4 is 11.6 Å². The second-order valence-electron chi connectivity index (χ2n) is 4.39. The van der Waals surface area contributed by atoms with Gasteiger partial charge in [-0.1, -0.05) is 18.6 Å². The number of hydrazine groups is 1. The van der Waals surface area contributed by atoms with Gasteiger partial charge in [0.1, 0.15) is 18.0 Å². The molecule has 0 aromatic carbocycles. The van der Waals surface area contributed by atoms with Crippen LogP contribution in [0.25, 0.3) is 0 Å². The molecule has 0 saturated heterocycles. The third-order valence-corrected chi connectivity index (χ3v) is 2.91. The van der Waals surface area contributed by atoms with Crippen LogP contribution in [0.5, 0.6) is 0 Å². The summed E-state index contributed by atoms with van der Waals surface area (Å²) >= 11 is 0. The van der Waals surface area contributed by atoms with E-state index in [0.717, 1.165) is 43.7 Å². The van der Waals surface area contributed by atoms with Gasteiger partial charge in [0.25, 0.3) is 0 Å². The lowest BCUT2D eigenvalue weighted by Crippen LogP contribution is -2.15. The monoisotopic (exact) mass is 276 g/mol. The molecule has 108 valence electrons. The summed E-state index contributed by atoms with van der Waals surface area (Å²) in [5, 5.41) is 11.0. The molecule has 0 aliphatic rings. The van der Waals surface area contributed by atoms with Crippen molar-refractivity contribution in [2.45, 2.75) is 32.7 Å². The third kappa shape index (κ3) is 3.64. The average Bonchev–Trinajstić information content (AvgIpc) is 2.98. The Labute approximate surface area is 117 Å². The van der Waals surface area contributed by atoms with Gasteiger partial charge in [0.15, 0.2) is 0 Å². The van der Waals surface area contributed by atoms with Gasteiger partial charge in [-0.3, -0.25) is 4.68 Å². The van der Waals surface area contributed by atoms with Gasteiger partial charge >= 0.3 is 0 Å². The summed E-state index contributed by atoms with van der Waals surface area (Å²) in [5.74, 6) is 7.00. The molecule has 0 fully saturated rings. The summed E-state index contributed by atoms with van der Waals surface area (Å²) in [6.07, 6.45) is 7.86. The summed E-state index contributed by atoms with van der Waals surface area (Å²) < 4.78 is 1.81. The van der Waals surface area contributed by atoms with E-state index >= 15 is 0 Å². The van der Waals surface area contributed by atoms with E-state index in [1.54, 1.807) is 6.20 Å². The lowest BCUT2D eigenvalue weighted by atomic mass is 10.1. The number of nitrogens with two attached hydrogens (primary N) is 1. The molecule has 0 aliphatic heterocycles. The highest BCUT2D eigenvalue weighted by Gasteiger charge is 2.09. The van der Waals surface area contributed by atoms with E-state index in [0.29, 0.717) is 5.82 Å². The minimum absolute atomic E-state index is 0.681. The van der Waals surface area contributed by atoms with Crippen molar-refractivity contribution in [3.05, 3.63) is 24.3 Å². The smallest absolute Gasteiger partial charge is 0.148 e. The van der Waals surface area contributed by atoms with Crippen molar-refractivity contribution in [3.63, 3.8) is 0 Å². The van der Waals surface area contributed by atoms with Gasteiger partial charge in [-0.15, -0.1) is 5.10 Å². The molecule has 0 spiro atoms. The molecular weight excluding hydrogens is 256 g/mol. The van der Waals surface area contributed by atoms with E-state index in [1.807, 2.05) is 10.9 Å². The van der Waals surface area contributed by atoms with Gasteiger partial charge in [-0.25, -0.2) is 15.8 Å². The Kier molecular flexibility index (Phi) is 5.24. The zero-order valence-corrected chi connectivity index (χ0v) is 11.6. The number of nitrogen functional groups attached to an aromatic ring is 1. The number of rotatable bonds is 8. The maximum Gasteiger partial charge on any atom is 0.148 e. The van der Waals surface area contributed by atoms with E-state index in [-0.39, 0.29) is 0 Å². The second-order valence-corrected chi connectivity index (χ2v) is 4.39. The summed E-state index contributed by atoms with van der Waals surface area (Å²) in [4.78, 5) is 8.42. The lowest BCUT2D eigenvalue weighted by molar-refractivity contribution is 0.569. The van der Waals surface area contributed by atoms with Crippen molar-refractivity contribution in [1.82, 2.24) is 25.0 Å². The first-order chi connectivity index (χ1) is 9.85. The first kappa shape index (κ1) is 14.2. The van der Waals surface area contributed by atoms with Crippen LogP contribution in [0, 0.1) is 0 Å². The summed E-state index contributed by atoms with van der Waals surface area (Å²) in [5.41, 5.74) is 3.65. The Hall–Kier alpha value is -2.22. The van der Waals surface area contributed by atoms with Gasteiger partial charge < -0.3 is 10.7 Å². The minimum Gasteiger partial charge on any atom is -0.370 e. The van der Waals surface area contributed by atoms with Gasteiger partial charge in [0.05, 0.1) is 6.20 Å². The molecule has 0 atom stereocenters. The fourth-order valence-electron chi connectivity index (χ4n) is 1.98. The highest BCUT2D eigenvalue weighted by atomic mass is 15.4. The van der Waals surface area contributed by atoms with E-state index in [2.05, 4.69) is 37.9 Å². The van der Waals surface area contributed by atoms with Gasteiger partial charge in [-0.05, 0) is 12.8 Å². The highest BCUT2D eigenvalue weighted by molar-refractivity contribution is 5.56. The fraction of sp³-hybridized carbons (Fsp3) is 0.500. The second kappa shape index (κ2) is 7.39. The van der Waals surface area contributed by atoms with Crippen LogP contribution >= 0.6 is 0 Å². The molecule has 0 bridgehead atoms. The largest absolute Gasteiger partial charge is 0.370 e. The predicted octanol–water partition coefficient (Wildman–Crippen LogP) is 0.808. The van der Waals surface area contributed by atoms with Crippen LogP contribution in [0.4, 0.5) is 11.6 Å². The van der Waals surface area contributed by atoms with Crippen LogP contribution in [0.15, 0.2) is 18.7 Å². The molecule has 2 aromatic heterocycles. The molecule has 8 nitrogen and oxygen atoms in total. The number of nitrogens with one attached hydrogen (secondary N) is 2. The van der Waals surface area contributed by atoms with Crippen LogP contribution in [-0.4, -0.2) is 31.5 Å². The zero-order valence-electron chi connectivity index (χ0n) is 11.6. The number of aromatic nitrogens is 5. The van der Waals surface area contributed by atoms with E-state index in [4.69, 9.17) is 5.84 Å². The average molecular weight is 276 g/mol. The molecule has 2 heterocycles. The molecule has 0 aliphatic carbocycles. The summed E-state index contributed by atoms with van der Waals surface area (Å²) in [7, 11) is 0. The number of hydrogen-bond donors (Lipinski definition) is 3. The molecule has 20 heavy (non-hydrogen) atoms. The molecular formula is C12H20N8. The molecule has 2 rings (SSSR count). The molecule has 4 N–H and O–H groups in total. The van der Waals surface area contributed by atoms with Crippen LogP contribution in [0.2, 0.25) is 0 Å². The number of anilines is 2. The Balaban J connectivity index is 1.91. The number of hydrogen-bond acceptors (Lipinski definition) is 7. The van der Waals surface area contributed by atoms with Crippen LogP contribution in [-0.2, 0) is 13.0 Å². The molecule has 2 aromatic rings. The first-order valence-corrected chi connectivity index (χ1v) is 6.73. The van der Waals surface area contributed by atoms with Gasteiger partial charge in [0.2, 0.25) is 0 Å². The normalized spacial score (nSPS) is 10.5. The van der Waals surface area contributed by atoms with Crippen molar-refractivity contribution in [3.8, 4) is 0 Å². The van der Waals surface area contributed by atoms with E-state index < -0.39 is 0 Å². The molecule has 0 radical (unpaired) electrons. The van der Waals surface area contributed by atoms with Gasteiger partial charge in [-0.2, -0.15) is 0 Å². The molecule has 0 unspecified atom stereocenters.